The van der Waals surface area contributed by atoms with Gasteiger partial charge in [0.15, 0.2) is 0 Å². The number of nitrogens with zero attached hydrogens (tertiary/aromatic N) is 1. The number of benzene rings is 1. The van der Waals surface area contributed by atoms with Crippen molar-refractivity contribution in [3.05, 3.63) is 34.9 Å². The second-order valence-corrected chi connectivity index (χ2v) is 5.43. The maximum absolute atomic E-state index is 5.90. The lowest BCUT2D eigenvalue weighted by molar-refractivity contribution is 0.226. The van der Waals surface area contributed by atoms with Gasteiger partial charge in [-0.15, -0.1) is 0 Å². The summed E-state index contributed by atoms with van der Waals surface area (Å²) < 4.78 is 0. The van der Waals surface area contributed by atoms with Crippen LogP contribution in [-0.2, 0) is 0 Å². The molecule has 3 heteroatoms. The van der Waals surface area contributed by atoms with E-state index in [0.29, 0.717) is 12.0 Å². The van der Waals surface area contributed by atoms with E-state index in [1.807, 2.05) is 12.1 Å². The van der Waals surface area contributed by atoms with E-state index in [1.165, 1.54) is 12.0 Å². The van der Waals surface area contributed by atoms with Crippen molar-refractivity contribution in [3.8, 4) is 0 Å². The van der Waals surface area contributed by atoms with Crippen molar-refractivity contribution in [1.29, 1.82) is 0 Å². The van der Waals surface area contributed by atoms with Crippen molar-refractivity contribution in [2.45, 2.75) is 26.3 Å². The number of rotatable bonds is 6. The highest BCUT2D eigenvalue weighted by Gasteiger charge is 2.15. The highest BCUT2D eigenvalue weighted by atomic mass is 35.5. The zero-order chi connectivity index (χ0) is 12.8. The molecule has 0 saturated carbocycles. The van der Waals surface area contributed by atoms with E-state index in [0.717, 1.165) is 17.3 Å². The molecule has 0 aromatic heterocycles. The molecule has 1 aromatic carbocycles. The van der Waals surface area contributed by atoms with E-state index in [-0.39, 0.29) is 0 Å². The van der Waals surface area contributed by atoms with Crippen molar-refractivity contribution >= 4 is 24.2 Å². The van der Waals surface area contributed by atoms with Crippen LogP contribution in [0.4, 0.5) is 0 Å². The standard InChI is InChI=1S/C14H22ClNS/c1-4-12(10-17)9-16(3)11(2)13-5-7-14(15)8-6-13/h5-8,11-12,17H,4,9-10H2,1-3H3. The first-order chi connectivity index (χ1) is 8.08. The number of thiol groups is 1. The molecule has 0 heterocycles. The van der Waals surface area contributed by atoms with Crippen LogP contribution in [0.1, 0.15) is 31.9 Å². The summed E-state index contributed by atoms with van der Waals surface area (Å²) >= 11 is 10.3. The molecule has 1 nitrogen and oxygen atoms in total. The van der Waals surface area contributed by atoms with Crippen molar-refractivity contribution in [2.24, 2.45) is 5.92 Å². The van der Waals surface area contributed by atoms with Gasteiger partial charge in [-0.1, -0.05) is 37.1 Å². The second-order valence-electron chi connectivity index (χ2n) is 4.62. The Labute approximate surface area is 116 Å². The highest BCUT2D eigenvalue weighted by Crippen LogP contribution is 2.22. The fourth-order valence-electron chi connectivity index (χ4n) is 1.88. The maximum atomic E-state index is 5.90. The minimum Gasteiger partial charge on any atom is -0.299 e. The molecule has 2 unspecified atom stereocenters. The van der Waals surface area contributed by atoms with Gasteiger partial charge in [-0.3, -0.25) is 4.90 Å². The van der Waals surface area contributed by atoms with Crippen LogP contribution in [0, 0.1) is 5.92 Å². The van der Waals surface area contributed by atoms with Gasteiger partial charge in [-0.2, -0.15) is 12.6 Å². The van der Waals surface area contributed by atoms with Crippen LogP contribution in [0.25, 0.3) is 0 Å². The minimum atomic E-state index is 0.418. The van der Waals surface area contributed by atoms with Crippen molar-refractivity contribution in [3.63, 3.8) is 0 Å². The molecule has 0 spiro atoms. The molecule has 0 N–H and O–H groups in total. The summed E-state index contributed by atoms with van der Waals surface area (Å²) in [7, 11) is 2.17. The molecule has 96 valence electrons. The first-order valence-corrected chi connectivity index (χ1v) is 7.16. The van der Waals surface area contributed by atoms with Crippen molar-refractivity contribution < 1.29 is 0 Å². The molecule has 2 atom stereocenters. The van der Waals surface area contributed by atoms with Gasteiger partial charge < -0.3 is 0 Å². The normalized spacial score (nSPS) is 14.9. The molecular formula is C14H22ClNS. The highest BCUT2D eigenvalue weighted by molar-refractivity contribution is 7.80. The molecule has 0 aliphatic heterocycles. The predicted octanol–water partition coefficient (Wildman–Crippen LogP) is 4.29. The minimum absolute atomic E-state index is 0.418. The molecule has 0 saturated heterocycles. The quantitative estimate of drug-likeness (QED) is 0.756. The first-order valence-electron chi connectivity index (χ1n) is 6.15. The van der Waals surface area contributed by atoms with E-state index in [4.69, 9.17) is 11.6 Å². The van der Waals surface area contributed by atoms with E-state index in [2.05, 4.69) is 50.6 Å². The summed E-state index contributed by atoms with van der Waals surface area (Å²) in [5, 5.41) is 0.797. The molecule has 0 fully saturated rings. The Bertz CT molecular complexity index is 321. The Balaban J connectivity index is 2.62. The predicted molar refractivity (Wildman–Crippen MR) is 80.1 cm³/mol. The Kier molecular flexibility index (Phi) is 6.39. The Morgan fingerprint density at radius 3 is 2.35 bits per heavy atom. The van der Waals surface area contributed by atoms with Crippen LogP contribution < -0.4 is 0 Å². The average Bonchev–Trinajstić information content (AvgIpc) is 2.35. The molecule has 1 aromatic rings. The van der Waals surface area contributed by atoms with Crippen molar-refractivity contribution in [1.82, 2.24) is 4.90 Å². The molecule has 0 aliphatic carbocycles. The van der Waals surface area contributed by atoms with E-state index < -0.39 is 0 Å². The van der Waals surface area contributed by atoms with E-state index in [1.54, 1.807) is 0 Å². The van der Waals surface area contributed by atoms with Crippen LogP contribution in [0.2, 0.25) is 5.02 Å². The van der Waals surface area contributed by atoms with Gasteiger partial charge in [0.2, 0.25) is 0 Å². The van der Waals surface area contributed by atoms with Gasteiger partial charge in [0.1, 0.15) is 0 Å². The third-order valence-corrected chi connectivity index (χ3v) is 4.16. The summed E-state index contributed by atoms with van der Waals surface area (Å²) in [4.78, 5) is 2.38. The third kappa shape index (κ3) is 4.53. The molecule has 0 amide bonds. The lowest BCUT2D eigenvalue weighted by atomic mass is 10.0. The van der Waals surface area contributed by atoms with Crippen LogP contribution in [0.15, 0.2) is 24.3 Å². The topological polar surface area (TPSA) is 3.24 Å². The number of hydrogen-bond donors (Lipinski definition) is 1. The Hall–Kier alpha value is -0.180. The SMILES string of the molecule is CCC(CS)CN(C)C(C)c1ccc(Cl)cc1. The zero-order valence-corrected chi connectivity index (χ0v) is 12.5. The smallest absolute Gasteiger partial charge is 0.0406 e. The Morgan fingerprint density at radius 2 is 1.88 bits per heavy atom. The maximum Gasteiger partial charge on any atom is 0.0406 e. The molecule has 0 aliphatic rings. The van der Waals surface area contributed by atoms with Gasteiger partial charge in [-0.25, -0.2) is 0 Å². The largest absolute Gasteiger partial charge is 0.299 e. The fraction of sp³-hybridized carbons (Fsp3) is 0.571. The van der Waals surface area contributed by atoms with Gasteiger partial charge in [0.25, 0.3) is 0 Å². The molecule has 1 rings (SSSR count). The monoisotopic (exact) mass is 271 g/mol. The first kappa shape index (κ1) is 14.9. The Morgan fingerprint density at radius 1 is 1.29 bits per heavy atom. The van der Waals surface area contributed by atoms with E-state index >= 15 is 0 Å². The average molecular weight is 272 g/mol. The second kappa shape index (κ2) is 7.30. The van der Waals surface area contributed by atoms with Gasteiger partial charge >= 0.3 is 0 Å². The van der Waals surface area contributed by atoms with Crippen LogP contribution in [0.5, 0.6) is 0 Å². The summed E-state index contributed by atoms with van der Waals surface area (Å²) in [6, 6.07) is 8.53. The molecule has 0 bridgehead atoms. The van der Waals surface area contributed by atoms with Crippen LogP contribution in [-0.4, -0.2) is 24.2 Å². The van der Waals surface area contributed by atoms with E-state index in [9.17, 15) is 0 Å². The number of halogens is 1. The summed E-state index contributed by atoms with van der Waals surface area (Å²) in [6.07, 6.45) is 1.18. The van der Waals surface area contributed by atoms with Crippen molar-refractivity contribution in [2.75, 3.05) is 19.3 Å². The molecule has 17 heavy (non-hydrogen) atoms. The summed E-state index contributed by atoms with van der Waals surface area (Å²) in [5.41, 5.74) is 1.31. The van der Waals surface area contributed by atoms with Gasteiger partial charge in [-0.05, 0) is 43.3 Å². The summed E-state index contributed by atoms with van der Waals surface area (Å²) in [5.74, 6) is 1.62. The summed E-state index contributed by atoms with van der Waals surface area (Å²) in [6.45, 7) is 5.54. The van der Waals surface area contributed by atoms with Crippen LogP contribution in [0.3, 0.4) is 0 Å². The fourth-order valence-corrected chi connectivity index (χ4v) is 2.38. The molecular weight excluding hydrogens is 250 g/mol. The number of hydrogen-bond acceptors (Lipinski definition) is 2. The van der Waals surface area contributed by atoms with Crippen LogP contribution >= 0.6 is 24.2 Å². The third-order valence-electron chi connectivity index (χ3n) is 3.40. The molecule has 0 radical (unpaired) electrons. The van der Waals surface area contributed by atoms with Gasteiger partial charge in [0.05, 0.1) is 0 Å². The lowest BCUT2D eigenvalue weighted by Gasteiger charge is -2.28. The van der Waals surface area contributed by atoms with Gasteiger partial charge in [0, 0.05) is 17.6 Å². The lowest BCUT2D eigenvalue weighted by Crippen LogP contribution is -2.29. The zero-order valence-electron chi connectivity index (χ0n) is 10.9.